The summed E-state index contributed by atoms with van der Waals surface area (Å²) in [4.78, 5) is 4.44. The van der Waals surface area contributed by atoms with Crippen molar-refractivity contribution >= 4 is 17.5 Å². The number of aromatic nitrogens is 2. The maximum Gasteiger partial charge on any atom is 0.203 e. The van der Waals surface area contributed by atoms with Crippen molar-refractivity contribution in [2.75, 3.05) is 5.32 Å². The monoisotopic (exact) mass is 289 g/mol. The Hall–Kier alpha value is -1.48. The highest BCUT2D eigenvalue weighted by atomic mass is 35.5. The van der Waals surface area contributed by atoms with Crippen LogP contribution in [0, 0.1) is 0 Å². The number of benzene rings is 1. The van der Waals surface area contributed by atoms with Crippen molar-refractivity contribution in [2.45, 2.75) is 44.7 Å². The van der Waals surface area contributed by atoms with Gasteiger partial charge in [-0.1, -0.05) is 49.1 Å². The number of halogens is 1. The number of nitrogens with zero attached hydrogens (tertiary/aromatic N) is 2. The Morgan fingerprint density at radius 1 is 1.20 bits per heavy atom. The van der Waals surface area contributed by atoms with Crippen LogP contribution in [-0.4, -0.2) is 9.55 Å². The lowest BCUT2D eigenvalue weighted by atomic mass is 9.95. The van der Waals surface area contributed by atoms with E-state index >= 15 is 0 Å². The minimum Gasteiger partial charge on any atom is -0.352 e. The van der Waals surface area contributed by atoms with Crippen molar-refractivity contribution in [1.82, 2.24) is 9.55 Å². The maximum absolute atomic E-state index is 6.19. The Bertz CT molecular complexity index is 558. The summed E-state index contributed by atoms with van der Waals surface area (Å²) < 4.78 is 2.29. The highest BCUT2D eigenvalue weighted by molar-refractivity contribution is 6.31. The molecule has 0 bridgehead atoms. The van der Waals surface area contributed by atoms with Crippen LogP contribution < -0.4 is 5.32 Å². The zero-order valence-corrected chi connectivity index (χ0v) is 12.3. The third-order valence-corrected chi connectivity index (χ3v) is 4.40. The van der Waals surface area contributed by atoms with E-state index in [0.717, 1.165) is 16.5 Å². The SMILES string of the molecule is Clc1ccccc1CNc1nccn1C1CCCCC1. The first-order valence-electron chi connectivity index (χ1n) is 7.35. The van der Waals surface area contributed by atoms with E-state index in [1.165, 1.54) is 32.1 Å². The molecule has 106 valence electrons. The van der Waals surface area contributed by atoms with Crippen LogP contribution >= 0.6 is 11.6 Å². The molecule has 1 saturated carbocycles. The summed E-state index contributed by atoms with van der Waals surface area (Å²) in [6.45, 7) is 0.712. The summed E-state index contributed by atoms with van der Waals surface area (Å²) in [7, 11) is 0. The van der Waals surface area contributed by atoms with Crippen molar-refractivity contribution in [3.05, 3.63) is 47.2 Å². The van der Waals surface area contributed by atoms with Crippen molar-refractivity contribution in [3.8, 4) is 0 Å². The van der Waals surface area contributed by atoms with Gasteiger partial charge in [-0.3, -0.25) is 0 Å². The van der Waals surface area contributed by atoms with Gasteiger partial charge in [-0.25, -0.2) is 4.98 Å². The van der Waals surface area contributed by atoms with Gasteiger partial charge in [0.1, 0.15) is 0 Å². The van der Waals surface area contributed by atoms with Crippen LogP contribution in [0.15, 0.2) is 36.7 Å². The van der Waals surface area contributed by atoms with E-state index in [-0.39, 0.29) is 0 Å². The van der Waals surface area contributed by atoms with Gasteiger partial charge in [0, 0.05) is 30.0 Å². The fourth-order valence-corrected chi connectivity index (χ4v) is 3.12. The van der Waals surface area contributed by atoms with Gasteiger partial charge in [0.05, 0.1) is 0 Å². The summed E-state index contributed by atoms with van der Waals surface area (Å²) in [5.41, 5.74) is 1.10. The average molecular weight is 290 g/mol. The third-order valence-electron chi connectivity index (χ3n) is 4.03. The van der Waals surface area contributed by atoms with E-state index in [0.29, 0.717) is 12.6 Å². The first-order chi connectivity index (χ1) is 9.84. The molecule has 0 saturated heterocycles. The second-order valence-corrected chi connectivity index (χ2v) is 5.80. The zero-order chi connectivity index (χ0) is 13.8. The standard InChI is InChI=1S/C16H20ClN3/c17-15-9-5-4-6-13(15)12-19-16-18-10-11-20(16)14-7-2-1-3-8-14/h4-6,9-11,14H,1-3,7-8,12H2,(H,18,19). The number of nitrogens with one attached hydrogen (secondary N) is 1. The van der Waals surface area contributed by atoms with Crippen LogP contribution in [-0.2, 0) is 6.54 Å². The molecule has 0 amide bonds. The Morgan fingerprint density at radius 3 is 2.80 bits per heavy atom. The number of hydrogen-bond donors (Lipinski definition) is 1. The number of hydrogen-bond acceptors (Lipinski definition) is 2. The smallest absolute Gasteiger partial charge is 0.203 e. The van der Waals surface area contributed by atoms with Gasteiger partial charge in [-0.05, 0) is 24.5 Å². The predicted molar refractivity (Wildman–Crippen MR) is 83.1 cm³/mol. The highest BCUT2D eigenvalue weighted by Gasteiger charge is 2.17. The molecule has 0 aliphatic heterocycles. The van der Waals surface area contributed by atoms with Crippen LogP contribution in [0.4, 0.5) is 5.95 Å². The minimum absolute atomic E-state index is 0.597. The maximum atomic E-state index is 6.19. The van der Waals surface area contributed by atoms with Gasteiger partial charge in [0.25, 0.3) is 0 Å². The lowest BCUT2D eigenvalue weighted by molar-refractivity contribution is 0.356. The Labute approximate surface area is 125 Å². The lowest BCUT2D eigenvalue weighted by Crippen LogP contribution is -2.15. The Kier molecular flexibility index (Phi) is 4.26. The van der Waals surface area contributed by atoms with E-state index in [2.05, 4.69) is 21.1 Å². The molecule has 1 aromatic carbocycles. The average Bonchev–Trinajstić information content (AvgIpc) is 2.96. The Balaban J connectivity index is 1.69. The van der Waals surface area contributed by atoms with Crippen LogP contribution in [0.2, 0.25) is 5.02 Å². The molecule has 0 radical (unpaired) electrons. The number of rotatable bonds is 4. The van der Waals surface area contributed by atoms with Gasteiger partial charge in [0.15, 0.2) is 0 Å². The lowest BCUT2D eigenvalue weighted by Gasteiger charge is -2.24. The molecule has 1 aliphatic carbocycles. The highest BCUT2D eigenvalue weighted by Crippen LogP contribution is 2.30. The van der Waals surface area contributed by atoms with Crippen molar-refractivity contribution in [2.24, 2.45) is 0 Å². The van der Waals surface area contributed by atoms with E-state index < -0.39 is 0 Å². The number of imidazole rings is 1. The topological polar surface area (TPSA) is 29.9 Å². The molecule has 1 heterocycles. The molecular weight excluding hydrogens is 270 g/mol. The first-order valence-corrected chi connectivity index (χ1v) is 7.72. The van der Waals surface area contributed by atoms with E-state index in [9.17, 15) is 0 Å². The van der Waals surface area contributed by atoms with E-state index in [4.69, 9.17) is 11.6 Å². The van der Waals surface area contributed by atoms with Gasteiger partial charge in [-0.15, -0.1) is 0 Å². The summed E-state index contributed by atoms with van der Waals surface area (Å²) in [5, 5.41) is 4.22. The van der Waals surface area contributed by atoms with Crippen molar-refractivity contribution in [1.29, 1.82) is 0 Å². The summed E-state index contributed by atoms with van der Waals surface area (Å²) in [5.74, 6) is 0.955. The van der Waals surface area contributed by atoms with Gasteiger partial charge < -0.3 is 9.88 Å². The molecule has 3 nitrogen and oxygen atoms in total. The molecule has 2 aromatic rings. The molecule has 0 spiro atoms. The fraction of sp³-hybridized carbons (Fsp3) is 0.438. The Morgan fingerprint density at radius 2 is 2.00 bits per heavy atom. The van der Waals surface area contributed by atoms with Gasteiger partial charge in [0.2, 0.25) is 5.95 Å². The van der Waals surface area contributed by atoms with Crippen LogP contribution in [0.5, 0.6) is 0 Å². The van der Waals surface area contributed by atoms with Crippen molar-refractivity contribution in [3.63, 3.8) is 0 Å². The zero-order valence-electron chi connectivity index (χ0n) is 11.6. The minimum atomic E-state index is 0.597. The quantitative estimate of drug-likeness (QED) is 0.887. The fourth-order valence-electron chi connectivity index (χ4n) is 2.92. The van der Waals surface area contributed by atoms with Crippen LogP contribution in [0.3, 0.4) is 0 Å². The third kappa shape index (κ3) is 2.98. The summed E-state index contributed by atoms with van der Waals surface area (Å²) >= 11 is 6.19. The summed E-state index contributed by atoms with van der Waals surface area (Å²) in [6.07, 6.45) is 10.5. The molecule has 0 unspecified atom stereocenters. The molecule has 4 heteroatoms. The molecular formula is C16H20ClN3. The molecule has 1 aliphatic rings. The van der Waals surface area contributed by atoms with Gasteiger partial charge in [-0.2, -0.15) is 0 Å². The second kappa shape index (κ2) is 6.31. The normalized spacial score (nSPS) is 16.2. The van der Waals surface area contributed by atoms with E-state index in [1.54, 1.807) is 0 Å². The molecule has 20 heavy (non-hydrogen) atoms. The molecule has 3 rings (SSSR count). The van der Waals surface area contributed by atoms with Crippen molar-refractivity contribution < 1.29 is 0 Å². The first kappa shape index (κ1) is 13.5. The predicted octanol–water partition coefficient (Wildman–Crippen LogP) is 4.65. The van der Waals surface area contributed by atoms with E-state index in [1.807, 2.05) is 30.5 Å². The summed E-state index contributed by atoms with van der Waals surface area (Å²) in [6, 6.07) is 8.53. The largest absolute Gasteiger partial charge is 0.352 e. The second-order valence-electron chi connectivity index (χ2n) is 5.39. The molecule has 1 fully saturated rings. The van der Waals surface area contributed by atoms with Crippen LogP contribution in [0.1, 0.15) is 43.7 Å². The molecule has 0 atom stereocenters. The van der Waals surface area contributed by atoms with Gasteiger partial charge >= 0.3 is 0 Å². The molecule has 1 N–H and O–H groups in total. The number of anilines is 1. The molecule has 1 aromatic heterocycles. The van der Waals surface area contributed by atoms with Crippen LogP contribution in [0.25, 0.3) is 0 Å².